The third kappa shape index (κ3) is 3.94. The van der Waals surface area contributed by atoms with Gasteiger partial charge in [0, 0.05) is 5.69 Å². The largest absolute Gasteiger partial charge is 0.325 e. The molecule has 3 rings (SSSR count). The number of amides is 1. The van der Waals surface area contributed by atoms with Crippen LogP contribution in [0.15, 0.2) is 47.6 Å². The first-order valence-corrected chi connectivity index (χ1v) is 9.23. The van der Waals surface area contributed by atoms with Crippen molar-refractivity contribution in [2.75, 3.05) is 5.32 Å². The minimum Gasteiger partial charge on any atom is -0.325 e. The summed E-state index contributed by atoms with van der Waals surface area (Å²) < 4.78 is 1.70. The van der Waals surface area contributed by atoms with Gasteiger partial charge in [-0.15, -0.1) is 5.10 Å². The van der Waals surface area contributed by atoms with Gasteiger partial charge in [-0.1, -0.05) is 47.7 Å². The van der Waals surface area contributed by atoms with Crippen molar-refractivity contribution in [1.82, 2.24) is 20.2 Å². The van der Waals surface area contributed by atoms with Gasteiger partial charge in [0.15, 0.2) is 0 Å². The molecule has 0 aliphatic rings. The SMILES string of the molecule is Cc1ccc(NC(=O)[C@H](C)Sc2nnnn2-c2c(C)cccc2C)cc1. The number of benzene rings is 2. The van der Waals surface area contributed by atoms with Gasteiger partial charge in [0.25, 0.3) is 0 Å². The Labute approximate surface area is 157 Å². The predicted molar refractivity (Wildman–Crippen MR) is 104 cm³/mol. The standard InChI is InChI=1S/C19H21N5OS/c1-12-8-10-16(11-9-12)20-18(25)15(4)26-19-21-22-23-24(19)17-13(2)6-5-7-14(17)3/h5-11,15H,1-4H3,(H,20,25)/t15-/m0/s1. The fourth-order valence-electron chi connectivity index (χ4n) is 2.62. The van der Waals surface area contributed by atoms with Crippen LogP contribution in [0.1, 0.15) is 23.6 Å². The third-order valence-electron chi connectivity index (χ3n) is 4.06. The van der Waals surface area contributed by atoms with E-state index in [1.807, 2.05) is 70.2 Å². The van der Waals surface area contributed by atoms with Crippen LogP contribution in [0.5, 0.6) is 0 Å². The maximum Gasteiger partial charge on any atom is 0.237 e. The molecule has 0 fully saturated rings. The molecule has 1 heterocycles. The second kappa shape index (κ2) is 7.70. The van der Waals surface area contributed by atoms with E-state index in [4.69, 9.17) is 0 Å². The zero-order valence-corrected chi connectivity index (χ0v) is 16.0. The van der Waals surface area contributed by atoms with Gasteiger partial charge in [0.1, 0.15) is 0 Å². The maximum atomic E-state index is 12.5. The number of carbonyl (C=O) groups is 1. The second-order valence-corrected chi connectivity index (χ2v) is 7.54. The van der Waals surface area contributed by atoms with E-state index < -0.39 is 0 Å². The molecule has 0 unspecified atom stereocenters. The Bertz CT molecular complexity index is 900. The minimum atomic E-state index is -0.342. The van der Waals surface area contributed by atoms with Crippen LogP contribution < -0.4 is 5.32 Å². The van der Waals surface area contributed by atoms with Crippen molar-refractivity contribution in [3.05, 3.63) is 59.2 Å². The average molecular weight is 367 g/mol. The molecule has 1 amide bonds. The van der Waals surface area contributed by atoms with Gasteiger partial charge in [-0.3, -0.25) is 4.79 Å². The summed E-state index contributed by atoms with van der Waals surface area (Å²) in [4.78, 5) is 12.5. The molecular weight excluding hydrogens is 346 g/mol. The van der Waals surface area contributed by atoms with Gasteiger partial charge in [0.05, 0.1) is 10.9 Å². The summed E-state index contributed by atoms with van der Waals surface area (Å²) in [6.07, 6.45) is 0. The molecule has 0 spiro atoms. The summed E-state index contributed by atoms with van der Waals surface area (Å²) in [6.45, 7) is 7.90. The Hall–Kier alpha value is -2.67. The molecule has 1 aromatic heterocycles. The number of hydrogen-bond acceptors (Lipinski definition) is 5. The third-order valence-corrected chi connectivity index (χ3v) is 5.10. The lowest BCUT2D eigenvalue weighted by Gasteiger charge is -2.14. The number of rotatable bonds is 5. The Balaban J connectivity index is 1.76. The summed E-state index contributed by atoms with van der Waals surface area (Å²) in [7, 11) is 0. The van der Waals surface area contributed by atoms with Gasteiger partial charge in [0.2, 0.25) is 11.1 Å². The number of thioether (sulfide) groups is 1. The zero-order valence-electron chi connectivity index (χ0n) is 15.2. The maximum absolute atomic E-state index is 12.5. The Morgan fingerprint density at radius 1 is 1.08 bits per heavy atom. The second-order valence-electron chi connectivity index (χ2n) is 6.23. The predicted octanol–water partition coefficient (Wildman–Crippen LogP) is 3.71. The first-order valence-electron chi connectivity index (χ1n) is 8.35. The topological polar surface area (TPSA) is 72.7 Å². The monoisotopic (exact) mass is 367 g/mol. The molecule has 7 heteroatoms. The summed E-state index contributed by atoms with van der Waals surface area (Å²) in [6, 6.07) is 13.8. The fourth-order valence-corrected chi connectivity index (χ4v) is 3.42. The molecular formula is C19H21N5OS. The summed E-state index contributed by atoms with van der Waals surface area (Å²) >= 11 is 1.33. The van der Waals surface area contributed by atoms with E-state index in [0.29, 0.717) is 5.16 Å². The smallest absolute Gasteiger partial charge is 0.237 e. The van der Waals surface area contributed by atoms with Gasteiger partial charge in [-0.2, -0.15) is 4.68 Å². The highest BCUT2D eigenvalue weighted by Crippen LogP contribution is 2.26. The Kier molecular flexibility index (Phi) is 5.37. The van der Waals surface area contributed by atoms with Crippen molar-refractivity contribution in [2.24, 2.45) is 0 Å². The van der Waals surface area contributed by atoms with Crippen molar-refractivity contribution in [3.63, 3.8) is 0 Å². The van der Waals surface area contributed by atoms with Gasteiger partial charge >= 0.3 is 0 Å². The average Bonchev–Trinajstić information content (AvgIpc) is 3.04. The van der Waals surface area contributed by atoms with E-state index in [1.165, 1.54) is 11.8 Å². The van der Waals surface area contributed by atoms with E-state index in [1.54, 1.807) is 4.68 Å². The molecule has 1 atom stereocenters. The van der Waals surface area contributed by atoms with E-state index in [2.05, 4.69) is 20.8 Å². The highest BCUT2D eigenvalue weighted by molar-refractivity contribution is 8.00. The molecule has 0 aliphatic carbocycles. The Morgan fingerprint density at radius 2 is 1.73 bits per heavy atom. The summed E-state index contributed by atoms with van der Waals surface area (Å²) in [5.74, 6) is -0.0880. The normalized spacial score (nSPS) is 12.0. The van der Waals surface area contributed by atoms with Gasteiger partial charge < -0.3 is 5.32 Å². The first kappa shape index (κ1) is 18.1. The number of tetrazole rings is 1. The van der Waals surface area contributed by atoms with Crippen LogP contribution in [-0.4, -0.2) is 31.4 Å². The van der Waals surface area contributed by atoms with E-state index in [0.717, 1.165) is 28.1 Å². The number of para-hydroxylation sites is 1. The molecule has 0 radical (unpaired) electrons. The van der Waals surface area contributed by atoms with Gasteiger partial charge in [-0.25, -0.2) is 0 Å². The van der Waals surface area contributed by atoms with Gasteiger partial charge in [-0.05, 0) is 61.4 Å². The van der Waals surface area contributed by atoms with Crippen LogP contribution in [0.25, 0.3) is 5.69 Å². The molecule has 2 aromatic carbocycles. The van der Waals surface area contributed by atoms with Crippen molar-refractivity contribution < 1.29 is 4.79 Å². The lowest BCUT2D eigenvalue weighted by Crippen LogP contribution is -2.23. The summed E-state index contributed by atoms with van der Waals surface area (Å²) in [5.41, 5.74) is 5.04. The molecule has 1 N–H and O–H groups in total. The molecule has 0 aliphatic heterocycles. The van der Waals surface area contributed by atoms with Crippen LogP contribution in [0.4, 0.5) is 5.69 Å². The number of carbonyl (C=O) groups excluding carboxylic acids is 1. The number of aromatic nitrogens is 4. The van der Waals surface area contributed by atoms with Crippen LogP contribution >= 0.6 is 11.8 Å². The molecule has 0 saturated heterocycles. The number of nitrogens with one attached hydrogen (secondary N) is 1. The van der Waals surface area contributed by atoms with E-state index >= 15 is 0 Å². The van der Waals surface area contributed by atoms with Crippen molar-refractivity contribution in [3.8, 4) is 5.69 Å². The highest BCUT2D eigenvalue weighted by atomic mass is 32.2. The van der Waals surface area contributed by atoms with Crippen LogP contribution in [0.3, 0.4) is 0 Å². The van der Waals surface area contributed by atoms with E-state index in [-0.39, 0.29) is 11.2 Å². The summed E-state index contributed by atoms with van der Waals surface area (Å²) in [5, 5.41) is 15.2. The number of hydrogen-bond donors (Lipinski definition) is 1. The van der Waals surface area contributed by atoms with Crippen LogP contribution in [0, 0.1) is 20.8 Å². The quantitative estimate of drug-likeness (QED) is 0.696. The van der Waals surface area contributed by atoms with Crippen molar-refractivity contribution in [2.45, 2.75) is 38.1 Å². The molecule has 0 saturated carbocycles. The van der Waals surface area contributed by atoms with Crippen molar-refractivity contribution in [1.29, 1.82) is 0 Å². The highest BCUT2D eigenvalue weighted by Gasteiger charge is 2.20. The lowest BCUT2D eigenvalue weighted by atomic mass is 10.1. The minimum absolute atomic E-state index is 0.0880. The first-order chi connectivity index (χ1) is 12.5. The lowest BCUT2D eigenvalue weighted by molar-refractivity contribution is -0.115. The molecule has 6 nitrogen and oxygen atoms in total. The molecule has 26 heavy (non-hydrogen) atoms. The van der Waals surface area contributed by atoms with E-state index in [9.17, 15) is 4.79 Å². The molecule has 134 valence electrons. The van der Waals surface area contributed by atoms with Crippen LogP contribution in [-0.2, 0) is 4.79 Å². The Morgan fingerprint density at radius 3 is 2.38 bits per heavy atom. The van der Waals surface area contributed by atoms with Crippen molar-refractivity contribution >= 4 is 23.4 Å². The number of nitrogens with zero attached hydrogens (tertiary/aromatic N) is 4. The fraction of sp³-hybridized carbons (Fsp3) is 0.263. The number of aryl methyl sites for hydroxylation is 3. The molecule has 3 aromatic rings. The number of anilines is 1. The molecule has 0 bridgehead atoms. The van der Waals surface area contributed by atoms with Crippen LogP contribution in [0.2, 0.25) is 0 Å². The zero-order chi connectivity index (χ0) is 18.7.